The molecule has 1 aliphatic rings. The summed E-state index contributed by atoms with van der Waals surface area (Å²) in [5, 5.41) is 11.7. The number of nitrogens with one attached hydrogen (secondary N) is 3. The van der Waals surface area contributed by atoms with Gasteiger partial charge in [-0.15, -0.1) is 0 Å². The molecule has 1 atom stereocenters. The van der Waals surface area contributed by atoms with Gasteiger partial charge >= 0.3 is 0 Å². The third kappa shape index (κ3) is 2.59. The molecule has 2 heterocycles. The van der Waals surface area contributed by atoms with Gasteiger partial charge in [0, 0.05) is 13.1 Å². The minimum Gasteiger partial charge on any atom is -0.353 e. The average Bonchev–Trinajstić information content (AvgIpc) is 2.80. The predicted molar refractivity (Wildman–Crippen MR) is 56.1 cm³/mol. The lowest BCUT2D eigenvalue weighted by Crippen LogP contribution is -2.47. The van der Waals surface area contributed by atoms with Crippen molar-refractivity contribution < 1.29 is 14.1 Å². The maximum atomic E-state index is 11.4. The molecule has 0 radical (unpaired) electrons. The van der Waals surface area contributed by atoms with E-state index in [4.69, 9.17) is 4.52 Å². The summed E-state index contributed by atoms with van der Waals surface area (Å²) >= 11 is 0. The van der Waals surface area contributed by atoms with Crippen molar-refractivity contribution in [3.63, 3.8) is 0 Å². The molecular formula is C9H13N5O3. The Hall–Kier alpha value is -1.96. The lowest BCUT2D eigenvalue weighted by atomic mass is 10.2. The minimum atomic E-state index is -0.373. The van der Waals surface area contributed by atoms with Crippen molar-refractivity contribution in [3.05, 3.63) is 11.7 Å². The number of piperazine rings is 1. The number of amides is 2. The first-order valence-electron chi connectivity index (χ1n) is 5.32. The highest BCUT2D eigenvalue weighted by molar-refractivity contribution is 5.90. The normalized spacial score (nSPS) is 19.8. The van der Waals surface area contributed by atoms with Gasteiger partial charge in [0.1, 0.15) is 6.04 Å². The number of nitrogens with zero attached hydrogens (tertiary/aromatic N) is 2. The smallest absolute Gasteiger partial charge is 0.292 e. The lowest BCUT2D eigenvalue weighted by molar-refractivity contribution is -0.121. The Labute approximate surface area is 97.1 Å². The van der Waals surface area contributed by atoms with E-state index in [2.05, 4.69) is 26.1 Å². The molecule has 1 aromatic rings. The molecule has 92 valence electrons. The Morgan fingerprint density at radius 2 is 2.47 bits per heavy atom. The Bertz CT molecular complexity index is 420. The molecule has 0 spiro atoms. The zero-order valence-corrected chi connectivity index (χ0v) is 9.32. The molecule has 0 saturated carbocycles. The second kappa shape index (κ2) is 4.91. The predicted octanol–water partition coefficient (Wildman–Crippen LogP) is -1.42. The van der Waals surface area contributed by atoms with Gasteiger partial charge in [-0.1, -0.05) is 5.16 Å². The summed E-state index contributed by atoms with van der Waals surface area (Å²) in [6.07, 6.45) is 0. The van der Waals surface area contributed by atoms with Gasteiger partial charge in [-0.05, 0) is 6.92 Å². The van der Waals surface area contributed by atoms with Crippen LogP contribution in [-0.4, -0.2) is 41.6 Å². The molecule has 1 aliphatic heterocycles. The highest BCUT2D eigenvalue weighted by Gasteiger charge is 2.25. The van der Waals surface area contributed by atoms with Gasteiger partial charge in [-0.2, -0.15) is 4.98 Å². The van der Waals surface area contributed by atoms with Crippen LogP contribution in [-0.2, 0) is 4.79 Å². The fourth-order valence-corrected chi connectivity index (χ4v) is 1.45. The molecule has 0 bridgehead atoms. The molecule has 1 aromatic heterocycles. The van der Waals surface area contributed by atoms with E-state index in [1.165, 1.54) is 0 Å². The van der Waals surface area contributed by atoms with E-state index in [-0.39, 0.29) is 30.2 Å². The van der Waals surface area contributed by atoms with Gasteiger partial charge in [0.25, 0.3) is 11.7 Å². The van der Waals surface area contributed by atoms with Crippen molar-refractivity contribution in [1.29, 1.82) is 0 Å². The number of carbonyl (C=O) groups excluding carboxylic acids is 2. The first-order valence-corrected chi connectivity index (χ1v) is 5.32. The molecule has 8 heteroatoms. The third-order valence-electron chi connectivity index (χ3n) is 2.29. The molecular weight excluding hydrogens is 226 g/mol. The van der Waals surface area contributed by atoms with Crippen LogP contribution in [0.2, 0.25) is 0 Å². The largest absolute Gasteiger partial charge is 0.353 e. The first kappa shape index (κ1) is 11.5. The Morgan fingerprint density at radius 1 is 1.65 bits per heavy atom. The van der Waals surface area contributed by atoms with Crippen LogP contribution in [0.5, 0.6) is 0 Å². The van der Waals surface area contributed by atoms with Crippen LogP contribution in [0.25, 0.3) is 0 Å². The second-order valence-electron chi connectivity index (χ2n) is 3.55. The van der Waals surface area contributed by atoms with Crippen LogP contribution in [0.15, 0.2) is 4.52 Å². The van der Waals surface area contributed by atoms with Crippen LogP contribution in [0.1, 0.15) is 29.5 Å². The summed E-state index contributed by atoms with van der Waals surface area (Å²) < 4.78 is 4.97. The Balaban J connectivity index is 2.03. The number of hydrogen-bond acceptors (Lipinski definition) is 6. The van der Waals surface area contributed by atoms with E-state index >= 15 is 0 Å². The second-order valence-corrected chi connectivity index (χ2v) is 3.55. The summed E-state index contributed by atoms with van der Waals surface area (Å²) in [5.41, 5.74) is 0. The maximum Gasteiger partial charge on any atom is 0.292 e. The summed E-state index contributed by atoms with van der Waals surface area (Å²) in [4.78, 5) is 26.3. The zero-order chi connectivity index (χ0) is 12.3. The monoisotopic (exact) mass is 239 g/mol. The van der Waals surface area contributed by atoms with Crippen LogP contribution in [0, 0.1) is 0 Å². The lowest BCUT2D eigenvalue weighted by Gasteiger charge is -2.20. The minimum absolute atomic E-state index is 0.000509. The molecule has 2 amide bonds. The van der Waals surface area contributed by atoms with Crippen molar-refractivity contribution in [3.8, 4) is 0 Å². The highest BCUT2D eigenvalue weighted by Crippen LogP contribution is 2.11. The first-order chi connectivity index (χ1) is 8.20. The van der Waals surface area contributed by atoms with E-state index < -0.39 is 0 Å². The van der Waals surface area contributed by atoms with Gasteiger partial charge < -0.3 is 15.2 Å². The molecule has 8 nitrogen and oxygen atoms in total. The average molecular weight is 239 g/mol. The molecule has 1 saturated heterocycles. The SMILES string of the molecule is CCNC(=O)c1noc(C2CNC(=O)CN2)n1. The summed E-state index contributed by atoms with van der Waals surface area (Å²) in [6.45, 7) is 2.87. The van der Waals surface area contributed by atoms with Crippen LogP contribution in [0.4, 0.5) is 0 Å². The van der Waals surface area contributed by atoms with Gasteiger partial charge in [0.15, 0.2) is 0 Å². The van der Waals surface area contributed by atoms with Gasteiger partial charge in [0.05, 0.1) is 6.54 Å². The fraction of sp³-hybridized carbons (Fsp3) is 0.556. The highest BCUT2D eigenvalue weighted by atomic mass is 16.5. The molecule has 2 rings (SSSR count). The van der Waals surface area contributed by atoms with Crippen molar-refractivity contribution in [2.75, 3.05) is 19.6 Å². The number of rotatable bonds is 3. The summed E-state index contributed by atoms with van der Waals surface area (Å²) in [6, 6.07) is -0.247. The van der Waals surface area contributed by atoms with E-state index in [9.17, 15) is 9.59 Å². The van der Waals surface area contributed by atoms with Crippen LogP contribution in [0.3, 0.4) is 0 Å². The summed E-state index contributed by atoms with van der Waals surface area (Å²) in [7, 11) is 0. The van der Waals surface area contributed by atoms with E-state index in [1.54, 1.807) is 6.92 Å². The molecule has 17 heavy (non-hydrogen) atoms. The van der Waals surface area contributed by atoms with Gasteiger partial charge in [-0.3, -0.25) is 14.9 Å². The van der Waals surface area contributed by atoms with E-state index in [0.717, 1.165) is 0 Å². The third-order valence-corrected chi connectivity index (χ3v) is 2.29. The van der Waals surface area contributed by atoms with Crippen LogP contribution >= 0.6 is 0 Å². The maximum absolute atomic E-state index is 11.4. The molecule has 1 fully saturated rings. The van der Waals surface area contributed by atoms with Crippen molar-refractivity contribution in [2.24, 2.45) is 0 Å². The Morgan fingerprint density at radius 3 is 3.12 bits per heavy atom. The van der Waals surface area contributed by atoms with Crippen molar-refractivity contribution >= 4 is 11.8 Å². The molecule has 3 N–H and O–H groups in total. The molecule has 0 aromatic carbocycles. The van der Waals surface area contributed by atoms with Crippen LogP contribution < -0.4 is 16.0 Å². The standard InChI is InChI=1S/C9H13N5O3/c1-2-10-8(16)7-13-9(17-14-7)5-3-12-6(15)4-11-5/h5,11H,2-4H2,1H3,(H,10,16)(H,12,15). The van der Waals surface area contributed by atoms with Crippen molar-refractivity contribution in [1.82, 2.24) is 26.1 Å². The number of aromatic nitrogens is 2. The fourth-order valence-electron chi connectivity index (χ4n) is 1.45. The van der Waals surface area contributed by atoms with Gasteiger partial charge in [-0.25, -0.2) is 0 Å². The van der Waals surface area contributed by atoms with E-state index in [1.807, 2.05) is 0 Å². The topological polar surface area (TPSA) is 109 Å². The van der Waals surface area contributed by atoms with E-state index in [0.29, 0.717) is 19.0 Å². The zero-order valence-electron chi connectivity index (χ0n) is 9.32. The number of hydrogen-bond donors (Lipinski definition) is 3. The molecule has 0 aliphatic carbocycles. The summed E-state index contributed by atoms with van der Waals surface area (Å²) in [5.74, 6) is -0.154. The van der Waals surface area contributed by atoms with Crippen molar-refractivity contribution in [2.45, 2.75) is 13.0 Å². The molecule has 1 unspecified atom stereocenters. The Kier molecular flexibility index (Phi) is 3.33. The van der Waals surface area contributed by atoms with Gasteiger partial charge in [0.2, 0.25) is 11.8 Å². The quantitative estimate of drug-likeness (QED) is 0.597. The number of carbonyl (C=O) groups is 2.